The number of carbonyl (C=O) groups is 1. The smallest absolute Gasteiger partial charge is 0.279 e. The number of carbonyl (C=O) groups excluding carboxylic acids is 1. The van der Waals surface area contributed by atoms with E-state index in [0.717, 1.165) is 47.5 Å². The highest BCUT2D eigenvalue weighted by molar-refractivity contribution is 7.91. The van der Waals surface area contributed by atoms with Gasteiger partial charge in [-0.2, -0.15) is 5.26 Å². The quantitative estimate of drug-likeness (QED) is 0.407. The predicted molar refractivity (Wildman–Crippen MR) is 155 cm³/mol. The number of thiazole rings is 1. The van der Waals surface area contributed by atoms with Crippen LogP contribution in [0, 0.1) is 17.2 Å². The number of ether oxygens (including phenoxy) is 1. The van der Waals surface area contributed by atoms with Crippen LogP contribution in [0.3, 0.4) is 0 Å². The van der Waals surface area contributed by atoms with Crippen molar-refractivity contribution in [2.75, 3.05) is 29.5 Å². The van der Waals surface area contributed by atoms with Gasteiger partial charge in [-0.05, 0) is 55.5 Å². The van der Waals surface area contributed by atoms with Crippen LogP contribution in [0.2, 0.25) is 0 Å². The summed E-state index contributed by atoms with van der Waals surface area (Å²) >= 11 is 1.48. The van der Waals surface area contributed by atoms with E-state index in [1.165, 1.54) is 11.3 Å². The van der Waals surface area contributed by atoms with Crippen molar-refractivity contribution in [1.82, 2.24) is 10.3 Å². The Kier molecular flexibility index (Phi) is 7.27. The molecular weight excluding hydrogens is 544 g/mol. The van der Waals surface area contributed by atoms with E-state index in [2.05, 4.69) is 28.4 Å². The van der Waals surface area contributed by atoms with Crippen LogP contribution in [0.15, 0.2) is 54.6 Å². The highest BCUT2D eigenvalue weighted by Gasteiger charge is 2.47. The summed E-state index contributed by atoms with van der Waals surface area (Å²) in [5.41, 5.74) is 2.15. The minimum Gasteiger partial charge on any atom is -0.431 e. The fourth-order valence-electron chi connectivity index (χ4n) is 5.69. The van der Waals surface area contributed by atoms with Crippen molar-refractivity contribution in [3.8, 4) is 27.5 Å². The number of amides is 1. The lowest BCUT2D eigenvalue weighted by Crippen LogP contribution is -2.42. The molecule has 6 rings (SSSR count). The van der Waals surface area contributed by atoms with Crippen molar-refractivity contribution in [3.05, 3.63) is 60.3 Å². The molecule has 1 aliphatic heterocycles. The number of benzene rings is 2. The summed E-state index contributed by atoms with van der Waals surface area (Å²) in [7, 11) is -2.95. The molecule has 1 unspecified atom stereocenters. The van der Waals surface area contributed by atoms with Crippen LogP contribution in [-0.4, -0.2) is 49.4 Å². The van der Waals surface area contributed by atoms with Gasteiger partial charge in [0.25, 0.3) is 5.19 Å². The van der Waals surface area contributed by atoms with Crippen LogP contribution >= 0.6 is 11.3 Å². The Bertz CT molecular complexity index is 1510. The topological polar surface area (TPSA) is 112 Å². The van der Waals surface area contributed by atoms with Crippen molar-refractivity contribution in [2.24, 2.45) is 5.92 Å². The molecule has 2 saturated carbocycles. The summed E-state index contributed by atoms with van der Waals surface area (Å²) in [6, 6.07) is 20.0. The van der Waals surface area contributed by atoms with Gasteiger partial charge in [-0.25, -0.2) is 13.4 Å². The zero-order chi connectivity index (χ0) is 27.7. The van der Waals surface area contributed by atoms with Crippen molar-refractivity contribution in [3.63, 3.8) is 0 Å². The van der Waals surface area contributed by atoms with E-state index in [-0.39, 0.29) is 29.2 Å². The maximum atomic E-state index is 13.4. The van der Waals surface area contributed by atoms with E-state index in [9.17, 15) is 18.5 Å². The average Bonchev–Trinajstić information content (AvgIpc) is 3.63. The van der Waals surface area contributed by atoms with Crippen LogP contribution < -0.4 is 15.0 Å². The number of anilines is 1. The molecule has 40 heavy (non-hydrogen) atoms. The molecule has 2 atom stereocenters. The van der Waals surface area contributed by atoms with Crippen molar-refractivity contribution >= 4 is 32.8 Å². The summed E-state index contributed by atoms with van der Waals surface area (Å²) in [6.07, 6.45) is 5.01. The number of para-hydroxylation sites is 1. The molecule has 3 fully saturated rings. The van der Waals surface area contributed by atoms with Gasteiger partial charge >= 0.3 is 0 Å². The van der Waals surface area contributed by atoms with Gasteiger partial charge in [0, 0.05) is 30.6 Å². The molecule has 3 aromatic rings. The van der Waals surface area contributed by atoms with E-state index in [4.69, 9.17) is 9.72 Å². The molecule has 1 aromatic heterocycles. The average molecular weight is 577 g/mol. The lowest BCUT2D eigenvalue weighted by molar-refractivity contribution is -0.127. The Balaban J connectivity index is 1.31. The number of hydrogen-bond acceptors (Lipinski definition) is 8. The number of aromatic nitrogens is 1. The summed E-state index contributed by atoms with van der Waals surface area (Å²) < 4.78 is 29.9. The van der Waals surface area contributed by atoms with Crippen LogP contribution in [0.4, 0.5) is 5.69 Å². The lowest BCUT2D eigenvalue weighted by atomic mass is 9.76. The van der Waals surface area contributed by atoms with Gasteiger partial charge in [0.2, 0.25) is 5.91 Å². The zero-order valence-electron chi connectivity index (χ0n) is 22.2. The summed E-state index contributed by atoms with van der Waals surface area (Å²) in [4.78, 5) is 21.5. The minimum absolute atomic E-state index is 0.0522. The van der Waals surface area contributed by atoms with Gasteiger partial charge in [0.1, 0.15) is 11.3 Å². The maximum absolute atomic E-state index is 13.4. The van der Waals surface area contributed by atoms with Gasteiger partial charge < -0.3 is 15.0 Å². The molecule has 10 heteroatoms. The van der Waals surface area contributed by atoms with E-state index in [0.29, 0.717) is 36.9 Å². The van der Waals surface area contributed by atoms with E-state index >= 15 is 0 Å². The molecule has 2 aliphatic carbocycles. The monoisotopic (exact) mass is 576 g/mol. The normalized spacial score (nSPS) is 23.1. The summed E-state index contributed by atoms with van der Waals surface area (Å²) in [5.74, 6) is 0.670. The molecular formula is C30H32N4O4S2. The first kappa shape index (κ1) is 26.8. The Morgan fingerprint density at radius 1 is 1.05 bits per heavy atom. The van der Waals surface area contributed by atoms with Gasteiger partial charge in [-0.1, -0.05) is 54.5 Å². The molecule has 0 spiro atoms. The minimum atomic E-state index is -2.95. The first-order valence-corrected chi connectivity index (χ1v) is 16.5. The van der Waals surface area contributed by atoms with Crippen LogP contribution in [-0.2, 0) is 14.6 Å². The molecule has 208 valence electrons. The summed E-state index contributed by atoms with van der Waals surface area (Å²) in [6.45, 7) is 0.983. The predicted octanol–water partition coefficient (Wildman–Crippen LogP) is 5.28. The van der Waals surface area contributed by atoms with Crippen molar-refractivity contribution in [1.29, 1.82) is 5.26 Å². The molecule has 0 radical (unpaired) electrons. The number of sulfone groups is 1. The van der Waals surface area contributed by atoms with Gasteiger partial charge in [-0.3, -0.25) is 4.79 Å². The van der Waals surface area contributed by atoms with E-state index in [1.807, 2.05) is 42.5 Å². The fraction of sp³-hybridized carbons (Fsp3) is 0.433. The summed E-state index contributed by atoms with van der Waals surface area (Å²) in [5, 5.41) is 13.1. The molecule has 0 bridgehead atoms. The standard InChI is InChI=1S/C30H32N4O4S2/c31-20-30(14-15-30)33-28(35)25-9-5-4-8-24(25)26-27(39-29(32-26)38-23-6-2-1-3-7-23)21-10-12-22(13-11-21)34-16-18-40(36,37)19-17-34/h1-3,6-7,10-13,24-25H,4-5,8-9,14-19H2,(H,33,35)/t24-,25?/m1/s1. The SMILES string of the molecule is N#CC1(NC(=O)C2CCCC[C@H]2c2nc(Oc3ccccc3)sc2-c2ccc(N3CCS(=O)(=O)CC3)cc2)CC1. The van der Waals surface area contributed by atoms with Gasteiger partial charge in [0.05, 0.1) is 28.1 Å². The Hall–Kier alpha value is -3.42. The fourth-order valence-corrected chi connectivity index (χ4v) is 7.90. The molecule has 3 aliphatic rings. The second-order valence-corrected chi connectivity index (χ2v) is 14.2. The Morgan fingerprint density at radius 3 is 2.42 bits per heavy atom. The number of nitrogens with zero attached hydrogens (tertiary/aromatic N) is 3. The molecule has 8 nitrogen and oxygen atoms in total. The Morgan fingerprint density at radius 2 is 1.75 bits per heavy atom. The third-order valence-corrected chi connectivity index (χ3v) is 10.8. The van der Waals surface area contributed by atoms with Gasteiger partial charge in [-0.15, -0.1) is 0 Å². The largest absolute Gasteiger partial charge is 0.431 e. The van der Waals surface area contributed by atoms with Gasteiger partial charge in [0.15, 0.2) is 9.84 Å². The highest BCUT2D eigenvalue weighted by Crippen LogP contribution is 2.47. The van der Waals surface area contributed by atoms with Crippen molar-refractivity contribution < 1.29 is 17.9 Å². The first-order chi connectivity index (χ1) is 19.3. The zero-order valence-corrected chi connectivity index (χ0v) is 23.8. The highest BCUT2D eigenvalue weighted by atomic mass is 32.2. The number of nitrogens with one attached hydrogen (secondary N) is 1. The first-order valence-electron chi connectivity index (χ1n) is 13.9. The second-order valence-electron chi connectivity index (χ2n) is 11.0. The number of nitriles is 1. The van der Waals surface area contributed by atoms with E-state index < -0.39 is 15.4 Å². The number of hydrogen-bond donors (Lipinski definition) is 1. The second kappa shape index (κ2) is 10.9. The molecule has 1 saturated heterocycles. The molecule has 1 N–H and O–H groups in total. The molecule has 1 amide bonds. The Labute approximate surface area is 238 Å². The van der Waals surface area contributed by atoms with Crippen molar-refractivity contribution in [2.45, 2.75) is 50.0 Å². The molecule has 2 heterocycles. The number of rotatable bonds is 7. The maximum Gasteiger partial charge on any atom is 0.279 e. The lowest BCUT2D eigenvalue weighted by Gasteiger charge is -2.31. The molecule has 2 aromatic carbocycles. The van der Waals surface area contributed by atoms with Crippen LogP contribution in [0.25, 0.3) is 10.4 Å². The third kappa shape index (κ3) is 5.72. The van der Waals surface area contributed by atoms with Crippen LogP contribution in [0.1, 0.15) is 50.1 Å². The van der Waals surface area contributed by atoms with E-state index in [1.54, 1.807) is 0 Å². The van der Waals surface area contributed by atoms with Crippen LogP contribution in [0.5, 0.6) is 10.9 Å². The third-order valence-electron chi connectivity index (χ3n) is 8.20.